The topological polar surface area (TPSA) is 60.4 Å². The van der Waals surface area contributed by atoms with E-state index >= 15 is 0 Å². The maximum Gasteiger partial charge on any atom is 0.243 e. The fourth-order valence-electron chi connectivity index (χ4n) is 3.73. The molecule has 29 heavy (non-hydrogen) atoms. The van der Waals surface area contributed by atoms with Crippen molar-refractivity contribution in [3.05, 3.63) is 35.9 Å². The van der Waals surface area contributed by atoms with Crippen LogP contribution in [0.4, 0.5) is 0 Å². The summed E-state index contributed by atoms with van der Waals surface area (Å²) in [6.45, 7) is 7.45. The maximum absolute atomic E-state index is 12.0. The fraction of sp³-hybridized carbons (Fsp3) is 0.619. The molecular weight excluding hydrogens is 481 g/mol. The van der Waals surface area contributed by atoms with Gasteiger partial charge in [-0.1, -0.05) is 37.3 Å². The molecule has 1 amide bonds. The predicted molar refractivity (Wildman–Crippen MR) is 127 cm³/mol. The molecule has 2 heterocycles. The van der Waals surface area contributed by atoms with Gasteiger partial charge >= 0.3 is 0 Å². The molecule has 0 radical (unpaired) electrons. The summed E-state index contributed by atoms with van der Waals surface area (Å²) in [5.74, 6) is 0.823. The van der Waals surface area contributed by atoms with Crippen LogP contribution in [-0.2, 0) is 16.1 Å². The molecular formula is C21H34IN5O2. The van der Waals surface area contributed by atoms with Gasteiger partial charge in [-0.2, -0.15) is 0 Å². The number of rotatable bonds is 6. The normalized spacial score (nSPS) is 22.0. The zero-order valence-electron chi connectivity index (χ0n) is 17.7. The number of morpholine rings is 1. The molecule has 0 spiro atoms. The summed E-state index contributed by atoms with van der Waals surface area (Å²) >= 11 is 0. The van der Waals surface area contributed by atoms with Gasteiger partial charge in [0.2, 0.25) is 5.91 Å². The molecule has 2 atom stereocenters. The van der Waals surface area contributed by atoms with E-state index in [2.05, 4.69) is 57.4 Å². The molecule has 0 aromatic heterocycles. The Morgan fingerprint density at radius 3 is 2.72 bits per heavy atom. The van der Waals surface area contributed by atoms with Gasteiger partial charge in [0.05, 0.1) is 18.8 Å². The van der Waals surface area contributed by atoms with Gasteiger partial charge in [-0.15, -0.1) is 24.0 Å². The number of ether oxygens (including phenoxy) is 1. The van der Waals surface area contributed by atoms with E-state index in [-0.39, 0.29) is 42.5 Å². The third kappa shape index (κ3) is 6.55. The van der Waals surface area contributed by atoms with Crippen LogP contribution in [0.5, 0.6) is 0 Å². The number of nitrogens with zero attached hydrogens (tertiary/aromatic N) is 4. The maximum atomic E-state index is 12.0. The molecule has 7 nitrogen and oxygen atoms in total. The van der Waals surface area contributed by atoms with E-state index in [9.17, 15) is 4.79 Å². The lowest BCUT2D eigenvalue weighted by Crippen LogP contribution is -2.50. The van der Waals surface area contributed by atoms with Crippen LogP contribution in [-0.4, -0.2) is 92.1 Å². The third-order valence-electron chi connectivity index (χ3n) is 5.34. The Bertz CT molecular complexity index is 670. The molecule has 0 saturated carbocycles. The van der Waals surface area contributed by atoms with Gasteiger partial charge in [0.1, 0.15) is 6.54 Å². The van der Waals surface area contributed by atoms with Crippen molar-refractivity contribution in [3.8, 4) is 0 Å². The Hall–Kier alpha value is -1.39. The zero-order valence-corrected chi connectivity index (χ0v) is 20.0. The smallest absolute Gasteiger partial charge is 0.243 e. The van der Waals surface area contributed by atoms with Crippen molar-refractivity contribution >= 4 is 35.8 Å². The summed E-state index contributed by atoms with van der Waals surface area (Å²) < 4.78 is 6.08. The van der Waals surface area contributed by atoms with E-state index < -0.39 is 0 Å². The highest BCUT2D eigenvalue weighted by Crippen LogP contribution is 2.24. The van der Waals surface area contributed by atoms with E-state index in [0.717, 1.165) is 51.7 Å². The zero-order chi connectivity index (χ0) is 19.9. The molecule has 3 rings (SSSR count). The SMILES string of the molecule is CCCNC(=NCC(=O)N(C)C)N1CC2OCCN(Cc3ccccc3)C2C1.I. The molecule has 162 valence electrons. The van der Waals surface area contributed by atoms with Crippen LogP contribution in [0.1, 0.15) is 18.9 Å². The van der Waals surface area contributed by atoms with E-state index in [4.69, 9.17) is 4.74 Å². The van der Waals surface area contributed by atoms with Crippen LogP contribution in [0.15, 0.2) is 35.3 Å². The second kappa shape index (κ2) is 11.7. The van der Waals surface area contributed by atoms with E-state index in [0.29, 0.717) is 6.04 Å². The molecule has 8 heteroatoms. The highest BCUT2D eigenvalue weighted by atomic mass is 127. The molecule has 2 fully saturated rings. The number of carbonyl (C=O) groups is 1. The largest absolute Gasteiger partial charge is 0.373 e. The van der Waals surface area contributed by atoms with Crippen molar-refractivity contribution in [2.75, 3.05) is 53.4 Å². The molecule has 2 saturated heterocycles. The average molecular weight is 515 g/mol. The van der Waals surface area contributed by atoms with Gasteiger partial charge in [0.25, 0.3) is 0 Å². The van der Waals surface area contributed by atoms with Crippen LogP contribution in [0.3, 0.4) is 0 Å². The molecule has 2 unspecified atom stereocenters. The number of nitrogens with one attached hydrogen (secondary N) is 1. The quantitative estimate of drug-likeness (QED) is 0.355. The standard InChI is InChI=1S/C21H33N5O2.HI/c1-4-10-22-21(23-13-20(27)24(2)3)26-15-18-19(16-26)28-12-11-25(18)14-17-8-6-5-7-9-17;/h5-9,18-19H,4,10-16H2,1-3H3,(H,22,23);1H. The Labute approximate surface area is 191 Å². The first-order chi connectivity index (χ1) is 13.6. The summed E-state index contributed by atoms with van der Waals surface area (Å²) in [6, 6.07) is 10.9. The van der Waals surface area contributed by atoms with Crippen molar-refractivity contribution in [2.24, 2.45) is 4.99 Å². The van der Waals surface area contributed by atoms with Gasteiger partial charge in [-0.05, 0) is 12.0 Å². The lowest BCUT2D eigenvalue weighted by molar-refractivity contribution is -0.127. The van der Waals surface area contributed by atoms with Gasteiger partial charge in [0, 0.05) is 46.8 Å². The lowest BCUT2D eigenvalue weighted by atomic mass is 10.1. The molecule has 1 aromatic rings. The van der Waals surface area contributed by atoms with Gasteiger partial charge < -0.3 is 19.9 Å². The number of amides is 1. The van der Waals surface area contributed by atoms with E-state index in [1.807, 2.05) is 0 Å². The van der Waals surface area contributed by atoms with Crippen LogP contribution >= 0.6 is 24.0 Å². The van der Waals surface area contributed by atoms with Crippen LogP contribution < -0.4 is 5.32 Å². The summed E-state index contributed by atoms with van der Waals surface area (Å²) in [5.41, 5.74) is 1.33. The molecule has 2 aliphatic rings. The summed E-state index contributed by atoms with van der Waals surface area (Å²) in [7, 11) is 3.52. The Morgan fingerprint density at radius 2 is 2.03 bits per heavy atom. The van der Waals surface area contributed by atoms with Crippen molar-refractivity contribution in [2.45, 2.75) is 32.0 Å². The second-order valence-electron chi connectivity index (χ2n) is 7.69. The number of benzene rings is 1. The van der Waals surface area contributed by atoms with E-state index in [1.54, 1.807) is 19.0 Å². The van der Waals surface area contributed by atoms with Crippen molar-refractivity contribution in [1.29, 1.82) is 0 Å². The molecule has 0 aliphatic carbocycles. The summed E-state index contributed by atoms with van der Waals surface area (Å²) in [6.07, 6.45) is 1.19. The van der Waals surface area contributed by atoms with Crippen LogP contribution in [0, 0.1) is 0 Å². The number of hydrogen-bond donors (Lipinski definition) is 1. The molecule has 1 N–H and O–H groups in total. The number of guanidine groups is 1. The summed E-state index contributed by atoms with van der Waals surface area (Å²) in [4.78, 5) is 22.9. The van der Waals surface area contributed by atoms with Gasteiger partial charge in [0.15, 0.2) is 5.96 Å². The minimum atomic E-state index is 0. The number of likely N-dealkylation sites (N-methyl/N-ethyl adjacent to an activating group) is 1. The number of fused-ring (bicyclic) bond motifs is 1. The van der Waals surface area contributed by atoms with Crippen LogP contribution in [0.25, 0.3) is 0 Å². The Morgan fingerprint density at radius 1 is 1.28 bits per heavy atom. The highest BCUT2D eigenvalue weighted by Gasteiger charge is 2.41. The average Bonchev–Trinajstić information content (AvgIpc) is 3.13. The van der Waals surface area contributed by atoms with Gasteiger partial charge in [-0.25, -0.2) is 4.99 Å². The monoisotopic (exact) mass is 515 g/mol. The first kappa shape index (κ1) is 23.9. The van der Waals surface area contributed by atoms with Gasteiger partial charge in [-0.3, -0.25) is 9.69 Å². The van der Waals surface area contributed by atoms with Crippen molar-refractivity contribution < 1.29 is 9.53 Å². The highest BCUT2D eigenvalue weighted by molar-refractivity contribution is 14.0. The predicted octanol–water partition coefficient (Wildman–Crippen LogP) is 1.63. The third-order valence-corrected chi connectivity index (χ3v) is 5.34. The molecule has 2 aliphatic heterocycles. The number of hydrogen-bond acceptors (Lipinski definition) is 4. The first-order valence-corrected chi connectivity index (χ1v) is 10.2. The second-order valence-corrected chi connectivity index (χ2v) is 7.69. The molecule has 0 bridgehead atoms. The minimum Gasteiger partial charge on any atom is -0.373 e. The van der Waals surface area contributed by atoms with E-state index in [1.165, 1.54) is 5.56 Å². The first-order valence-electron chi connectivity index (χ1n) is 10.2. The van der Waals surface area contributed by atoms with Crippen LogP contribution in [0.2, 0.25) is 0 Å². The van der Waals surface area contributed by atoms with Crippen molar-refractivity contribution in [1.82, 2.24) is 20.0 Å². The fourth-order valence-corrected chi connectivity index (χ4v) is 3.73. The lowest BCUT2D eigenvalue weighted by Gasteiger charge is -2.36. The number of halogens is 1. The Balaban J connectivity index is 0.00000300. The minimum absolute atomic E-state index is 0. The van der Waals surface area contributed by atoms with Crippen molar-refractivity contribution in [3.63, 3.8) is 0 Å². The molecule has 1 aromatic carbocycles. The number of carbonyl (C=O) groups excluding carboxylic acids is 1. The number of likely N-dealkylation sites (tertiary alicyclic amines) is 1. The number of aliphatic imine (C=N–C) groups is 1. The Kier molecular flexibility index (Phi) is 9.64. The summed E-state index contributed by atoms with van der Waals surface area (Å²) in [5, 5.41) is 3.41.